The molecule has 1 unspecified atom stereocenters. The van der Waals surface area contributed by atoms with Crippen LogP contribution in [-0.2, 0) is 0 Å². The molecule has 1 heterocycles. The van der Waals surface area contributed by atoms with E-state index in [9.17, 15) is 0 Å². The van der Waals surface area contributed by atoms with Crippen LogP contribution >= 0.6 is 24.8 Å². The number of rotatable bonds is 4. The molecule has 1 rings (SSSR count). The van der Waals surface area contributed by atoms with Gasteiger partial charge in [0, 0.05) is 12.3 Å². The van der Waals surface area contributed by atoms with Gasteiger partial charge in [-0.3, -0.25) is 0 Å². The maximum Gasteiger partial charge on any atom is 0.212 e. The molecular weight excluding hydrogens is 239 g/mol. The molecule has 0 fully saturated rings. The molecule has 4 nitrogen and oxygen atoms in total. The second kappa shape index (κ2) is 8.73. The molecule has 0 saturated heterocycles. The quantitative estimate of drug-likeness (QED) is 0.848. The minimum absolute atomic E-state index is 0. The number of methoxy groups -OCH3 is 1. The Hall–Kier alpha value is -0.550. The molecule has 0 aromatic carbocycles. The molecule has 1 atom stereocenters. The third-order valence-electron chi connectivity index (χ3n) is 1.90. The molecule has 0 spiro atoms. The highest BCUT2D eigenvalue weighted by Crippen LogP contribution is 2.13. The van der Waals surface area contributed by atoms with Crippen LogP contribution in [0, 0.1) is 0 Å². The highest BCUT2D eigenvalue weighted by Gasteiger charge is 2.07. The van der Waals surface area contributed by atoms with Crippen molar-refractivity contribution in [2.24, 2.45) is 0 Å². The van der Waals surface area contributed by atoms with Crippen molar-refractivity contribution < 1.29 is 9.84 Å². The smallest absolute Gasteiger partial charge is 0.212 e. The standard InChI is InChI=1S/C9H14N2O2.2ClH/c1-10-8(6-12)7-3-4-9(13-2)11-5-7;;/h3-5,8,10,12H,6H2,1-2H3;2*1H. The van der Waals surface area contributed by atoms with Gasteiger partial charge in [-0.15, -0.1) is 24.8 Å². The van der Waals surface area contributed by atoms with E-state index in [0.29, 0.717) is 5.88 Å². The second-order valence-electron chi connectivity index (χ2n) is 2.66. The zero-order valence-corrected chi connectivity index (χ0v) is 10.3. The van der Waals surface area contributed by atoms with Crippen molar-refractivity contribution in [3.63, 3.8) is 0 Å². The van der Waals surface area contributed by atoms with Crippen molar-refractivity contribution in [1.82, 2.24) is 10.3 Å². The van der Waals surface area contributed by atoms with E-state index in [1.54, 1.807) is 26.4 Å². The van der Waals surface area contributed by atoms with E-state index < -0.39 is 0 Å². The monoisotopic (exact) mass is 254 g/mol. The van der Waals surface area contributed by atoms with Gasteiger partial charge in [-0.1, -0.05) is 6.07 Å². The first-order valence-electron chi connectivity index (χ1n) is 4.10. The number of nitrogens with one attached hydrogen (secondary N) is 1. The van der Waals surface area contributed by atoms with E-state index >= 15 is 0 Å². The molecule has 1 aromatic rings. The highest BCUT2D eigenvalue weighted by molar-refractivity contribution is 5.85. The van der Waals surface area contributed by atoms with Gasteiger partial charge < -0.3 is 15.2 Å². The SMILES string of the molecule is CNC(CO)c1ccc(OC)nc1.Cl.Cl. The Morgan fingerprint density at radius 3 is 2.47 bits per heavy atom. The lowest BCUT2D eigenvalue weighted by Crippen LogP contribution is -2.19. The van der Waals surface area contributed by atoms with Crippen molar-refractivity contribution in [3.8, 4) is 5.88 Å². The first kappa shape index (κ1) is 16.9. The van der Waals surface area contributed by atoms with Crippen molar-refractivity contribution in [2.45, 2.75) is 6.04 Å². The van der Waals surface area contributed by atoms with Gasteiger partial charge in [-0.05, 0) is 12.6 Å². The Balaban J connectivity index is 0. The topological polar surface area (TPSA) is 54.4 Å². The first-order chi connectivity index (χ1) is 6.31. The summed E-state index contributed by atoms with van der Waals surface area (Å²) in [4.78, 5) is 4.04. The summed E-state index contributed by atoms with van der Waals surface area (Å²) < 4.78 is 4.92. The molecule has 1 aromatic heterocycles. The van der Waals surface area contributed by atoms with E-state index in [1.807, 2.05) is 6.07 Å². The summed E-state index contributed by atoms with van der Waals surface area (Å²) in [6.07, 6.45) is 1.69. The fraction of sp³-hybridized carbons (Fsp3) is 0.444. The Morgan fingerprint density at radius 1 is 1.47 bits per heavy atom. The second-order valence-corrected chi connectivity index (χ2v) is 2.66. The van der Waals surface area contributed by atoms with Gasteiger partial charge in [0.2, 0.25) is 5.88 Å². The molecule has 0 aliphatic heterocycles. The predicted octanol–water partition coefficient (Wildman–Crippen LogP) is 1.19. The van der Waals surface area contributed by atoms with Crippen LogP contribution in [0.3, 0.4) is 0 Å². The molecule has 0 bridgehead atoms. The largest absolute Gasteiger partial charge is 0.481 e. The molecular formula is C9H16Cl2N2O2. The summed E-state index contributed by atoms with van der Waals surface area (Å²) in [6.45, 7) is 0.0600. The van der Waals surface area contributed by atoms with E-state index in [-0.39, 0.29) is 37.5 Å². The summed E-state index contributed by atoms with van der Waals surface area (Å²) in [5, 5.41) is 12.0. The first-order valence-corrected chi connectivity index (χ1v) is 4.10. The fourth-order valence-corrected chi connectivity index (χ4v) is 1.08. The van der Waals surface area contributed by atoms with Crippen molar-refractivity contribution in [2.75, 3.05) is 20.8 Å². The van der Waals surface area contributed by atoms with Crippen molar-refractivity contribution in [1.29, 1.82) is 0 Å². The number of aromatic nitrogens is 1. The summed E-state index contributed by atoms with van der Waals surface area (Å²) in [7, 11) is 3.37. The maximum atomic E-state index is 8.98. The van der Waals surface area contributed by atoms with Gasteiger partial charge in [0.1, 0.15) is 0 Å². The zero-order chi connectivity index (χ0) is 9.68. The zero-order valence-electron chi connectivity index (χ0n) is 8.64. The Labute approximate surface area is 102 Å². The molecule has 2 N–H and O–H groups in total. The minimum Gasteiger partial charge on any atom is -0.481 e. The molecule has 15 heavy (non-hydrogen) atoms. The average molecular weight is 255 g/mol. The van der Waals surface area contributed by atoms with E-state index in [2.05, 4.69) is 10.3 Å². The number of hydrogen-bond acceptors (Lipinski definition) is 4. The van der Waals surface area contributed by atoms with Crippen LogP contribution in [0.2, 0.25) is 0 Å². The number of ether oxygens (including phenoxy) is 1. The molecule has 6 heteroatoms. The van der Waals surface area contributed by atoms with Crippen LogP contribution in [0.1, 0.15) is 11.6 Å². The summed E-state index contributed by atoms with van der Waals surface area (Å²) in [5.74, 6) is 0.580. The van der Waals surface area contributed by atoms with Gasteiger partial charge in [0.15, 0.2) is 0 Å². The average Bonchev–Trinajstić information content (AvgIpc) is 2.21. The lowest BCUT2D eigenvalue weighted by molar-refractivity contribution is 0.250. The third-order valence-corrected chi connectivity index (χ3v) is 1.90. The van der Waals surface area contributed by atoms with Crippen LogP contribution in [0.4, 0.5) is 0 Å². The maximum absolute atomic E-state index is 8.98. The predicted molar refractivity (Wildman–Crippen MR) is 64.2 cm³/mol. The minimum atomic E-state index is -0.0570. The van der Waals surface area contributed by atoms with Crippen LogP contribution in [0.5, 0.6) is 5.88 Å². The van der Waals surface area contributed by atoms with Crippen molar-refractivity contribution >= 4 is 24.8 Å². The molecule has 0 amide bonds. The number of aliphatic hydroxyl groups is 1. The van der Waals surface area contributed by atoms with Gasteiger partial charge >= 0.3 is 0 Å². The van der Waals surface area contributed by atoms with E-state index in [1.165, 1.54) is 0 Å². The molecule has 0 radical (unpaired) electrons. The lowest BCUT2D eigenvalue weighted by atomic mass is 10.1. The van der Waals surface area contributed by atoms with Gasteiger partial charge in [0.05, 0.1) is 19.8 Å². The number of nitrogens with zero attached hydrogens (tertiary/aromatic N) is 1. The van der Waals surface area contributed by atoms with E-state index in [4.69, 9.17) is 9.84 Å². The van der Waals surface area contributed by atoms with Gasteiger partial charge in [-0.25, -0.2) is 4.98 Å². The summed E-state index contributed by atoms with van der Waals surface area (Å²) in [6, 6.07) is 3.59. The number of likely N-dealkylation sites (N-methyl/N-ethyl adjacent to an activating group) is 1. The number of aliphatic hydroxyl groups excluding tert-OH is 1. The van der Waals surface area contributed by atoms with Crippen molar-refractivity contribution in [3.05, 3.63) is 23.9 Å². The highest BCUT2D eigenvalue weighted by atomic mass is 35.5. The summed E-state index contributed by atoms with van der Waals surface area (Å²) in [5.41, 5.74) is 0.950. The van der Waals surface area contributed by atoms with E-state index in [0.717, 1.165) is 5.56 Å². The Bertz CT molecular complexity index is 253. The Kier molecular flexibility index (Phi) is 9.82. The molecule has 88 valence electrons. The summed E-state index contributed by atoms with van der Waals surface area (Å²) >= 11 is 0. The van der Waals surface area contributed by atoms with Crippen LogP contribution in [-0.4, -0.2) is 30.9 Å². The van der Waals surface area contributed by atoms with Gasteiger partial charge in [-0.2, -0.15) is 0 Å². The Morgan fingerprint density at radius 2 is 2.13 bits per heavy atom. The van der Waals surface area contributed by atoms with Crippen LogP contribution in [0.15, 0.2) is 18.3 Å². The molecule has 0 saturated carbocycles. The number of pyridine rings is 1. The van der Waals surface area contributed by atoms with Crippen LogP contribution < -0.4 is 10.1 Å². The third kappa shape index (κ3) is 4.66. The molecule has 0 aliphatic carbocycles. The molecule has 0 aliphatic rings. The normalized spacial score (nSPS) is 10.9. The number of halogens is 2. The van der Waals surface area contributed by atoms with Crippen LogP contribution in [0.25, 0.3) is 0 Å². The van der Waals surface area contributed by atoms with Gasteiger partial charge in [0.25, 0.3) is 0 Å². The fourth-order valence-electron chi connectivity index (χ4n) is 1.08. The number of hydrogen-bond donors (Lipinski definition) is 2. The lowest BCUT2D eigenvalue weighted by Gasteiger charge is -2.12.